The summed E-state index contributed by atoms with van der Waals surface area (Å²) in [7, 11) is 0. The van der Waals surface area contributed by atoms with E-state index in [0.717, 1.165) is 54.0 Å². The van der Waals surface area contributed by atoms with Crippen LogP contribution in [0.25, 0.3) is 11.0 Å². The van der Waals surface area contributed by atoms with Gasteiger partial charge in [-0.15, -0.1) is 0 Å². The predicted octanol–water partition coefficient (Wildman–Crippen LogP) is 3.71. The number of anilines is 2. The molecule has 2 aromatic heterocycles. The van der Waals surface area contributed by atoms with Gasteiger partial charge in [-0.05, 0) is 29.7 Å². The van der Waals surface area contributed by atoms with Crippen molar-refractivity contribution in [3.8, 4) is 0 Å². The second-order valence-corrected chi connectivity index (χ2v) is 7.23. The second-order valence-electron chi connectivity index (χ2n) is 7.23. The van der Waals surface area contributed by atoms with Crippen molar-refractivity contribution in [2.45, 2.75) is 19.4 Å². The highest BCUT2D eigenvalue weighted by Gasteiger charge is 2.24. The highest BCUT2D eigenvalue weighted by atomic mass is 19.1. The molecule has 4 aromatic rings. The Labute approximate surface area is 167 Å². The molecule has 0 atom stereocenters. The fraction of sp³-hybridized carbons (Fsp3) is 0.227. The molecule has 0 fully saturated rings. The fourth-order valence-corrected chi connectivity index (χ4v) is 3.73. The lowest BCUT2D eigenvalue weighted by molar-refractivity contribution is 0.627. The van der Waals surface area contributed by atoms with Crippen molar-refractivity contribution in [2.24, 2.45) is 0 Å². The quantitative estimate of drug-likeness (QED) is 0.527. The summed E-state index contributed by atoms with van der Waals surface area (Å²) < 4.78 is 13.1. The summed E-state index contributed by atoms with van der Waals surface area (Å²) in [4.78, 5) is 11.7. The molecule has 0 bridgehead atoms. The van der Waals surface area contributed by atoms with E-state index in [4.69, 9.17) is 4.98 Å². The van der Waals surface area contributed by atoms with Crippen molar-refractivity contribution >= 4 is 22.8 Å². The van der Waals surface area contributed by atoms with Crippen LogP contribution in [0.4, 0.5) is 16.2 Å². The van der Waals surface area contributed by atoms with Gasteiger partial charge in [-0.1, -0.05) is 42.5 Å². The van der Waals surface area contributed by atoms with Gasteiger partial charge < -0.3 is 10.2 Å². The standard InChI is InChI=1S/C22H21FN6/c23-17-8-6-15(7-9-17)10-12-24-22-25-20-19-18(27-28-20)11-13-29(21(19)26-22)14-16-4-2-1-3-5-16/h1-9H,10-14H2,(H2,24,25,26,27,28). The monoisotopic (exact) mass is 388 g/mol. The molecule has 1 aliphatic heterocycles. The molecule has 146 valence electrons. The molecule has 2 N–H and O–H groups in total. The first-order valence-corrected chi connectivity index (χ1v) is 9.78. The van der Waals surface area contributed by atoms with Crippen molar-refractivity contribution in [3.05, 3.63) is 77.2 Å². The van der Waals surface area contributed by atoms with Gasteiger partial charge in [0.1, 0.15) is 11.6 Å². The van der Waals surface area contributed by atoms with E-state index in [2.05, 4.69) is 49.7 Å². The summed E-state index contributed by atoms with van der Waals surface area (Å²) in [6.45, 7) is 2.33. The molecule has 0 aliphatic carbocycles. The third-order valence-electron chi connectivity index (χ3n) is 5.22. The number of nitrogens with one attached hydrogen (secondary N) is 2. The second kappa shape index (κ2) is 7.50. The molecule has 0 saturated heterocycles. The molecule has 0 radical (unpaired) electrons. The molecular formula is C22H21FN6. The van der Waals surface area contributed by atoms with Crippen molar-refractivity contribution in [1.82, 2.24) is 20.2 Å². The van der Waals surface area contributed by atoms with E-state index in [9.17, 15) is 4.39 Å². The van der Waals surface area contributed by atoms with Crippen LogP contribution in [0.3, 0.4) is 0 Å². The Hall–Kier alpha value is -3.48. The van der Waals surface area contributed by atoms with Crippen LogP contribution in [0.5, 0.6) is 0 Å². The Kier molecular flexibility index (Phi) is 4.56. The summed E-state index contributed by atoms with van der Waals surface area (Å²) in [6, 6.07) is 17.0. The van der Waals surface area contributed by atoms with Crippen molar-refractivity contribution in [2.75, 3.05) is 23.3 Å². The predicted molar refractivity (Wildman–Crippen MR) is 111 cm³/mol. The largest absolute Gasteiger partial charge is 0.354 e. The van der Waals surface area contributed by atoms with Gasteiger partial charge in [0, 0.05) is 26.1 Å². The minimum absolute atomic E-state index is 0.219. The number of halogens is 1. The molecule has 1 aliphatic rings. The Morgan fingerprint density at radius 3 is 2.66 bits per heavy atom. The molecule has 0 amide bonds. The van der Waals surface area contributed by atoms with Crippen molar-refractivity contribution in [1.29, 1.82) is 0 Å². The number of H-pyrrole nitrogens is 1. The van der Waals surface area contributed by atoms with Gasteiger partial charge in [0.05, 0.1) is 11.1 Å². The molecule has 29 heavy (non-hydrogen) atoms. The van der Waals surface area contributed by atoms with Crippen LogP contribution in [0.15, 0.2) is 54.6 Å². The SMILES string of the molecule is Fc1ccc(CCNc2nc3c4c(n[nH]c4n2)CCN3Cc2ccccc2)cc1. The molecule has 3 heterocycles. The summed E-state index contributed by atoms with van der Waals surface area (Å²) in [5.74, 6) is 1.27. The first-order valence-electron chi connectivity index (χ1n) is 9.78. The van der Waals surface area contributed by atoms with E-state index in [1.54, 1.807) is 12.1 Å². The third kappa shape index (κ3) is 3.63. The highest BCUT2D eigenvalue weighted by molar-refractivity contribution is 5.91. The van der Waals surface area contributed by atoms with Crippen molar-refractivity contribution in [3.63, 3.8) is 0 Å². The summed E-state index contributed by atoms with van der Waals surface area (Å²) >= 11 is 0. The number of aromatic amines is 1. The Bertz CT molecular complexity index is 1120. The maximum atomic E-state index is 13.1. The smallest absolute Gasteiger partial charge is 0.226 e. The van der Waals surface area contributed by atoms with Gasteiger partial charge in [-0.2, -0.15) is 15.1 Å². The lowest BCUT2D eigenvalue weighted by atomic mass is 10.1. The minimum atomic E-state index is -0.219. The van der Waals surface area contributed by atoms with Gasteiger partial charge in [0.15, 0.2) is 5.65 Å². The topological polar surface area (TPSA) is 69.7 Å². The van der Waals surface area contributed by atoms with Gasteiger partial charge in [0.2, 0.25) is 5.95 Å². The van der Waals surface area contributed by atoms with E-state index < -0.39 is 0 Å². The van der Waals surface area contributed by atoms with Gasteiger partial charge >= 0.3 is 0 Å². The molecule has 0 saturated carbocycles. The van der Waals surface area contributed by atoms with Gasteiger partial charge in [-0.3, -0.25) is 5.10 Å². The van der Waals surface area contributed by atoms with E-state index in [0.29, 0.717) is 12.5 Å². The van der Waals surface area contributed by atoms with Crippen LogP contribution >= 0.6 is 0 Å². The zero-order valence-electron chi connectivity index (χ0n) is 15.9. The number of nitrogens with zero attached hydrogens (tertiary/aromatic N) is 4. The lowest BCUT2D eigenvalue weighted by Gasteiger charge is -2.28. The van der Waals surface area contributed by atoms with Crippen LogP contribution in [0.1, 0.15) is 16.8 Å². The number of benzene rings is 2. The molecule has 5 rings (SSSR count). The Morgan fingerprint density at radius 2 is 1.83 bits per heavy atom. The summed E-state index contributed by atoms with van der Waals surface area (Å²) in [5, 5.41) is 11.8. The summed E-state index contributed by atoms with van der Waals surface area (Å²) in [6.07, 6.45) is 1.64. The molecule has 0 spiro atoms. The summed E-state index contributed by atoms with van der Waals surface area (Å²) in [5.41, 5.74) is 4.09. The average Bonchev–Trinajstić information content (AvgIpc) is 3.16. The van der Waals surface area contributed by atoms with Gasteiger partial charge in [0.25, 0.3) is 0 Å². The van der Waals surface area contributed by atoms with Crippen LogP contribution in [-0.4, -0.2) is 33.3 Å². The molecule has 2 aromatic carbocycles. The van der Waals surface area contributed by atoms with Crippen LogP contribution < -0.4 is 10.2 Å². The van der Waals surface area contributed by atoms with E-state index >= 15 is 0 Å². The average molecular weight is 388 g/mol. The molecule has 0 unspecified atom stereocenters. The normalized spacial score (nSPS) is 13.1. The zero-order valence-corrected chi connectivity index (χ0v) is 15.9. The zero-order chi connectivity index (χ0) is 19.6. The molecule has 7 heteroatoms. The van der Waals surface area contributed by atoms with E-state index in [1.807, 2.05) is 6.07 Å². The van der Waals surface area contributed by atoms with E-state index in [-0.39, 0.29) is 5.82 Å². The van der Waals surface area contributed by atoms with Crippen LogP contribution in [0, 0.1) is 5.82 Å². The van der Waals surface area contributed by atoms with E-state index in [1.165, 1.54) is 17.7 Å². The number of hydrogen-bond acceptors (Lipinski definition) is 5. The first kappa shape index (κ1) is 17.6. The van der Waals surface area contributed by atoms with Crippen LogP contribution in [0.2, 0.25) is 0 Å². The highest BCUT2D eigenvalue weighted by Crippen LogP contribution is 2.32. The Balaban J connectivity index is 1.38. The fourth-order valence-electron chi connectivity index (χ4n) is 3.73. The molecule has 6 nitrogen and oxygen atoms in total. The maximum absolute atomic E-state index is 13.1. The lowest BCUT2D eigenvalue weighted by Crippen LogP contribution is -2.29. The maximum Gasteiger partial charge on any atom is 0.226 e. The van der Waals surface area contributed by atoms with Crippen molar-refractivity contribution < 1.29 is 4.39 Å². The van der Waals surface area contributed by atoms with Crippen LogP contribution in [-0.2, 0) is 19.4 Å². The molecular weight excluding hydrogens is 367 g/mol. The minimum Gasteiger partial charge on any atom is -0.354 e. The number of rotatable bonds is 6. The third-order valence-corrected chi connectivity index (χ3v) is 5.22. The first-order chi connectivity index (χ1) is 14.3. The number of hydrogen-bond donors (Lipinski definition) is 2. The Morgan fingerprint density at radius 1 is 1.00 bits per heavy atom. The van der Waals surface area contributed by atoms with Gasteiger partial charge in [-0.25, -0.2) is 4.39 Å². The number of aromatic nitrogens is 4.